The van der Waals surface area contributed by atoms with Gasteiger partial charge in [0.15, 0.2) is 0 Å². The molecule has 1 aliphatic rings. The van der Waals surface area contributed by atoms with Crippen LogP contribution in [0, 0.1) is 5.41 Å². The number of hydrogen-bond donors (Lipinski definition) is 1. The third-order valence-corrected chi connectivity index (χ3v) is 3.59. The zero-order valence-corrected chi connectivity index (χ0v) is 11.9. The summed E-state index contributed by atoms with van der Waals surface area (Å²) in [6.07, 6.45) is 3.93. The Hall–Kier alpha value is -0.570. The molecule has 0 bridgehead atoms. The maximum atomic E-state index is 12.0. The number of amides is 1. The molecule has 1 heterocycles. The normalized spacial score (nSPS) is 19.7. The Bertz CT molecular complexity index is 239. The Balaban J connectivity index is 2.16. The lowest BCUT2D eigenvalue weighted by Crippen LogP contribution is -2.41. The largest absolute Gasteiger partial charge is 0.343 e. The molecule has 0 aromatic rings. The highest BCUT2D eigenvalue weighted by Crippen LogP contribution is 2.29. The summed E-state index contributed by atoms with van der Waals surface area (Å²) in [5.74, 6) is 0.339. The lowest BCUT2D eigenvalue weighted by Gasteiger charge is -2.37. The number of hydrogen-bond acceptors (Lipinski definition) is 2. The van der Waals surface area contributed by atoms with Crippen molar-refractivity contribution in [2.24, 2.45) is 5.41 Å². The van der Waals surface area contributed by atoms with Gasteiger partial charge in [0.2, 0.25) is 5.91 Å². The molecule has 1 N–H and O–H groups in total. The Labute approximate surface area is 106 Å². The van der Waals surface area contributed by atoms with E-state index in [-0.39, 0.29) is 0 Å². The molecular weight excluding hydrogens is 212 g/mol. The topological polar surface area (TPSA) is 32.3 Å². The fourth-order valence-electron chi connectivity index (χ4n) is 2.15. The van der Waals surface area contributed by atoms with E-state index in [1.54, 1.807) is 0 Å². The van der Waals surface area contributed by atoms with Gasteiger partial charge in [0, 0.05) is 25.6 Å². The number of likely N-dealkylation sites (tertiary alicyclic amines) is 1. The smallest absolute Gasteiger partial charge is 0.222 e. The lowest BCUT2D eigenvalue weighted by atomic mass is 9.82. The van der Waals surface area contributed by atoms with Gasteiger partial charge in [-0.3, -0.25) is 4.79 Å². The minimum atomic E-state index is 0.339. The van der Waals surface area contributed by atoms with Crippen LogP contribution in [-0.2, 0) is 4.79 Å². The van der Waals surface area contributed by atoms with Gasteiger partial charge in [-0.1, -0.05) is 27.7 Å². The van der Waals surface area contributed by atoms with Gasteiger partial charge in [-0.25, -0.2) is 0 Å². The van der Waals surface area contributed by atoms with Crippen LogP contribution in [-0.4, -0.2) is 36.5 Å². The van der Waals surface area contributed by atoms with Crippen molar-refractivity contribution in [3.8, 4) is 0 Å². The number of carbonyl (C=O) groups excluding carboxylic acids is 1. The highest BCUT2D eigenvalue weighted by molar-refractivity contribution is 5.76. The molecule has 1 aliphatic heterocycles. The van der Waals surface area contributed by atoms with E-state index in [1.165, 1.54) is 0 Å². The van der Waals surface area contributed by atoms with Gasteiger partial charge < -0.3 is 10.2 Å². The number of rotatable bonds is 5. The van der Waals surface area contributed by atoms with Crippen molar-refractivity contribution in [3.63, 3.8) is 0 Å². The molecule has 0 aromatic heterocycles. The zero-order valence-electron chi connectivity index (χ0n) is 11.9. The first-order valence-corrected chi connectivity index (χ1v) is 6.92. The van der Waals surface area contributed by atoms with Crippen molar-refractivity contribution >= 4 is 5.91 Å². The molecule has 3 heteroatoms. The Morgan fingerprint density at radius 3 is 2.41 bits per heavy atom. The summed E-state index contributed by atoms with van der Waals surface area (Å²) in [5, 5.41) is 3.35. The standard InChI is InChI=1S/C14H28N2O/c1-12(2)15-9-5-6-13(17)16-10-7-14(3,4)8-11-16/h12,15H,5-11H2,1-4H3. The Kier molecular flexibility index (Phi) is 5.44. The summed E-state index contributed by atoms with van der Waals surface area (Å²) in [6, 6.07) is 0.515. The summed E-state index contributed by atoms with van der Waals surface area (Å²) in [6.45, 7) is 11.7. The molecule has 0 aromatic carbocycles. The molecule has 1 saturated heterocycles. The molecular formula is C14H28N2O. The molecule has 17 heavy (non-hydrogen) atoms. The molecule has 1 amide bonds. The Morgan fingerprint density at radius 1 is 1.29 bits per heavy atom. The molecule has 1 fully saturated rings. The molecule has 100 valence electrons. The van der Waals surface area contributed by atoms with Crippen LogP contribution in [0.4, 0.5) is 0 Å². The van der Waals surface area contributed by atoms with Crippen LogP contribution in [0.15, 0.2) is 0 Å². The Morgan fingerprint density at radius 2 is 1.88 bits per heavy atom. The second kappa shape index (κ2) is 6.39. The minimum absolute atomic E-state index is 0.339. The third-order valence-electron chi connectivity index (χ3n) is 3.59. The van der Waals surface area contributed by atoms with Crippen molar-refractivity contribution in [3.05, 3.63) is 0 Å². The van der Waals surface area contributed by atoms with Crippen LogP contribution >= 0.6 is 0 Å². The molecule has 0 aliphatic carbocycles. The predicted octanol–water partition coefficient (Wildman–Crippen LogP) is 2.41. The average Bonchev–Trinajstić information content (AvgIpc) is 2.23. The molecule has 0 radical (unpaired) electrons. The number of nitrogens with zero attached hydrogens (tertiary/aromatic N) is 1. The lowest BCUT2D eigenvalue weighted by molar-refractivity contribution is -0.133. The van der Waals surface area contributed by atoms with Crippen molar-refractivity contribution in [2.75, 3.05) is 19.6 Å². The molecule has 0 atom stereocenters. The monoisotopic (exact) mass is 240 g/mol. The second-order valence-electron chi connectivity index (χ2n) is 6.26. The summed E-state index contributed by atoms with van der Waals surface area (Å²) in [4.78, 5) is 14.0. The summed E-state index contributed by atoms with van der Waals surface area (Å²) >= 11 is 0. The molecule has 0 spiro atoms. The van der Waals surface area contributed by atoms with Crippen LogP contribution in [0.25, 0.3) is 0 Å². The first-order valence-electron chi connectivity index (χ1n) is 6.92. The van der Waals surface area contributed by atoms with Gasteiger partial charge in [0.25, 0.3) is 0 Å². The van der Waals surface area contributed by atoms with E-state index in [4.69, 9.17) is 0 Å². The summed E-state index contributed by atoms with van der Waals surface area (Å²) in [7, 11) is 0. The molecule has 3 nitrogen and oxygen atoms in total. The van der Waals surface area contributed by atoms with Gasteiger partial charge in [0.05, 0.1) is 0 Å². The van der Waals surface area contributed by atoms with Gasteiger partial charge in [-0.15, -0.1) is 0 Å². The van der Waals surface area contributed by atoms with Crippen LogP contribution in [0.1, 0.15) is 53.4 Å². The molecule has 1 rings (SSSR count). The van der Waals surface area contributed by atoms with E-state index in [2.05, 4.69) is 33.0 Å². The maximum Gasteiger partial charge on any atom is 0.222 e. The highest BCUT2D eigenvalue weighted by Gasteiger charge is 2.27. The number of piperidine rings is 1. The fraction of sp³-hybridized carbons (Fsp3) is 0.929. The number of nitrogens with one attached hydrogen (secondary N) is 1. The van der Waals surface area contributed by atoms with Crippen LogP contribution in [0.3, 0.4) is 0 Å². The third kappa shape index (κ3) is 5.53. The zero-order chi connectivity index (χ0) is 12.9. The van der Waals surface area contributed by atoms with Gasteiger partial charge in [-0.2, -0.15) is 0 Å². The maximum absolute atomic E-state index is 12.0. The summed E-state index contributed by atoms with van der Waals surface area (Å²) < 4.78 is 0. The van der Waals surface area contributed by atoms with E-state index >= 15 is 0 Å². The van der Waals surface area contributed by atoms with E-state index in [1.807, 2.05) is 4.90 Å². The SMILES string of the molecule is CC(C)NCCCC(=O)N1CCC(C)(C)CC1. The second-order valence-corrected chi connectivity index (χ2v) is 6.26. The van der Waals surface area contributed by atoms with Crippen molar-refractivity contribution < 1.29 is 4.79 Å². The first-order chi connectivity index (χ1) is 7.91. The van der Waals surface area contributed by atoms with Gasteiger partial charge >= 0.3 is 0 Å². The van der Waals surface area contributed by atoms with Gasteiger partial charge in [-0.05, 0) is 31.2 Å². The minimum Gasteiger partial charge on any atom is -0.343 e. The van der Waals surface area contributed by atoms with E-state index in [0.29, 0.717) is 23.8 Å². The van der Waals surface area contributed by atoms with Gasteiger partial charge in [0.1, 0.15) is 0 Å². The highest BCUT2D eigenvalue weighted by atomic mass is 16.2. The fourth-order valence-corrected chi connectivity index (χ4v) is 2.15. The van der Waals surface area contributed by atoms with E-state index in [9.17, 15) is 4.79 Å². The predicted molar refractivity (Wildman–Crippen MR) is 72.0 cm³/mol. The van der Waals surface area contributed by atoms with E-state index in [0.717, 1.165) is 38.9 Å². The first kappa shape index (κ1) is 14.5. The number of carbonyl (C=O) groups is 1. The molecule has 0 saturated carbocycles. The van der Waals surface area contributed by atoms with Crippen LogP contribution < -0.4 is 5.32 Å². The molecule has 0 unspecified atom stereocenters. The van der Waals surface area contributed by atoms with Crippen LogP contribution in [0.2, 0.25) is 0 Å². The van der Waals surface area contributed by atoms with Crippen molar-refractivity contribution in [1.82, 2.24) is 10.2 Å². The van der Waals surface area contributed by atoms with Crippen molar-refractivity contribution in [1.29, 1.82) is 0 Å². The quantitative estimate of drug-likeness (QED) is 0.749. The van der Waals surface area contributed by atoms with E-state index < -0.39 is 0 Å². The average molecular weight is 240 g/mol. The van der Waals surface area contributed by atoms with Crippen molar-refractivity contribution in [2.45, 2.75) is 59.4 Å². The van der Waals surface area contributed by atoms with Crippen LogP contribution in [0.5, 0.6) is 0 Å². The summed E-state index contributed by atoms with van der Waals surface area (Å²) in [5.41, 5.74) is 0.427.